The van der Waals surface area contributed by atoms with E-state index in [0.717, 1.165) is 12.8 Å². The van der Waals surface area contributed by atoms with Gasteiger partial charge in [0.25, 0.3) is 5.56 Å². The van der Waals surface area contributed by atoms with Crippen LogP contribution in [-0.2, 0) is 7.80 Å². The van der Waals surface area contributed by atoms with Crippen LogP contribution < -0.4 is 11.2 Å². The molecule has 0 aliphatic carbocycles. The number of nitrogens with zero attached hydrogens (tertiary/aromatic N) is 1. The van der Waals surface area contributed by atoms with E-state index in [2.05, 4.69) is 4.98 Å². The lowest BCUT2D eigenvalue weighted by Crippen LogP contribution is -2.33. The molecular weight excluding hydrogens is 363 g/mol. The number of aromatic amines is 1. The topological polar surface area (TPSA) is 73.3 Å². The number of H-pyrrole nitrogens is 1. The number of hydrogen-bond donors (Lipinski definition) is 1. The Balaban J connectivity index is 0.000000861. The largest absolute Gasteiger partial charge is 0.352 e. The van der Waals surface area contributed by atoms with Gasteiger partial charge in [-0.15, -0.1) is 0 Å². The molecule has 19 heavy (non-hydrogen) atoms. The summed E-state index contributed by atoms with van der Waals surface area (Å²) in [4.78, 5) is 25.2. The summed E-state index contributed by atoms with van der Waals surface area (Å²) in [6.45, 7) is 6.17. The van der Waals surface area contributed by atoms with Crippen LogP contribution in [0, 0.1) is 6.92 Å². The van der Waals surface area contributed by atoms with Gasteiger partial charge in [0.05, 0.1) is 12.7 Å². The van der Waals surface area contributed by atoms with Gasteiger partial charge in [0.15, 0.2) is 0 Å². The van der Waals surface area contributed by atoms with Crippen LogP contribution in [0.3, 0.4) is 0 Å². The molecule has 1 saturated heterocycles. The Bertz CT molecular complexity index is 511. The van der Waals surface area contributed by atoms with E-state index in [0.29, 0.717) is 12.2 Å². The van der Waals surface area contributed by atoms with Gasteiger partial charge in [0.2, 0.25) is 0 Å². The lowest BCUT2D eigenvalue weighted by Gasteiger charge is -2.15. The van der Waals surface area contributed by atoms with Gasteiger partial charge in [-0.1, -0.05) is 13.8 Å². The van der Waals surface area contributed by atoms with Gasteiger partial charge < -0.3 is 7.80 Å². The molecule has 2 atom stereocenters. The van der Waals surface area contributed by atoms with Crippen molar-refractivity contribution in [1.82, 2.24) is 9.55 Å². The molecule has 6 nitrogen and oxygen atoms in total. The van der Waals surface area contributed by atoms with Crippen molar-refractivity contribution in [2.45, 2.75) is 45.9 Å². The summed E-state index contributed by atoms with van der Waals surface area (Å²) in [6.07, 6.45) is 2.83. The van der Waals surface area contributed by atoms with Crippen LogP contribution in [0.25, 0.3) is 0 Å². The molecular formula is C12H19IN2O4. The van der Waals surface area contributed by atoms with E-state index in [9.17, 15) is 9.59 Å². The normalized spacial score (nSPS) is 21.9. The number of rotatable bonds is 3. The SMILES string of the molecule is CC.Cc1cn([C@@H]2CC[C@H](COI)O2)c(=O)[nH]c1=O. The van der Waals surface area contributed by atoms with E-state index in [1.165, 1.54) is 4.57 Å². The average Bonchev–Trinajstić information content (AvgIpc) is 2.85. The van der Waals surface area contributed by atoms with Crippen LogP contribution >= 0.6 is 23.0 Å². The molecule has 2 heterocycles. The molecule has 0 amide bonds. The summed E-state index contributed by atoms with van der Waals surface area (Å²) >= 11 is 1.82. The van der Waals surface area contributed by atoms with Crippen LogP contribution in [0.2, 0.25) is 0 Å². The van der Waals surface area contributed by atoms with Gasteiger partial charge in [-0.3, -0.25) is 14.3 Å². The minimum Gasteiger partial charge on any atom is -0.352 e. The first-order chi connectivity index (χ1) is 9.11. The van der Waals surface area contributed by atoms with Crippen LogP contribution in [0.5, 0.6) is 0 Å². The fraction of sp³-hybridized carbons (Fsp3) is 0.667. The van der Waals surface area contributed by atoms with E-state index in [4.69, 9.17) is 7.80 Å². The first kappa shape index (κ1) is 16.4. The highest BCUT2D eigenvalue weighted by atomic mass is 127. The molecule has 0 spiro atoms. The Morgan fingerprint density at radius 2 is 2.16 bits per heavy atom. The monoisotopic (exact) mass is 382 g/mol. The van der Waals surface area contributed by atoms with Crippen molar-refractivity contribution >= 4 is 23.0 Å². The quantitative estimate of drug-likeness (QED) is 0.811. The summed E-state index contributed by atoms with van der Waals surface area (Å²) in [5, 5.41) is 0. The molecule has 0 radical (unpaired) electrons. The molecule has 0 unspecified atom stereocenters. The zero-order valence-corrected chi connectivity index (χ0v) is 13.5. The predicted octanol–water partition coefficient (Wildman–Crippen LogP) is 1.92. The minimum atomic E-state index is -0.429. The molecule has 0 saturated carbocycles. The average molecular weight is 382 g/mol. The third-order valence-electron chi connectivity index (χ3n) is 2.79. The van der Waals surface area contributed by atoms with E-state index in [1.807, 2.05) is 36.9 Å². The molecule has 0 aromatic carbocycles. The van der Waals surface area contributed by atoms with Crippen LogP contribution in [0.4, 0.5) is 0 Å². The number of aromatic nitrogens is 2. The Morgan fingerprint density at radius 3 is 2.79 bits per heavy atom. The number of hydrogen-bond acceptors (Lipinski definition) is 4. The first-order valence-corrected chi connectivity index (χ1v) is 7.21. The van der Waals surface area contributed by atoms with E-state index in [1.54, 1.807) is 13.1 Å². The molecule has 2 rings (SSSR count). The zero-order chi connectivity index (χ0) is 14.4. The van der Waals surface area contributed by atoms with Gasteiger partial charge in [-0.05, 0) is 19.8 Å². The summed E-state index contributed by atoms with van der Waals surface area (Å²) < 4.78 is 12.1. The highest BCUT2D eigenvalue weighted by Gasteiger charge is 2.27. The van der Waals surface area contributed by atoms with E-state index in [-0.39, 0.29) is 17.9 Å². The Labute approximate surface area is 125 Å². The third-order valence-corrected chi connectivity index (χ3v) is 3.15. The summed E-state index contributed by atoms with van der Waals surface area (Å²) in [5.74, 6) is 0. The van der Waals surface area contributed by atoms with Crippen molar-refractivity contribution in [2.75, 3.05) is 6.61 Å². The highest BCUT2D eigenvalue weighted by molar-refractivity contribution is 14.1. The standard InChI is InChI=1S/C10H13IN2O4.C2H6/c1-6-4-13(10(15)12-9(6)14)8-3-2-7(17-8)5-16-11;1-2/h4,7-8H,2-3,5H2,1H3,(H,12,14,15);1-2H3/t7-,8+;/m1./s1. The molecule has 1 aliphatic rings. The van der Waals surface area contributed by atoms with Crippen LogP contribution in [-0.4, -0.2) is 22.3 Å². The second-order valence-corrected chi connectivity index (χ2v) is 4.67. The van der Waals surface area contributed by atoms with Crippen molar-refractivity contribution in [3.8, 4) is 0 Å². The highest BCUT2D eigenvalue weighted by Crippen LogP contribution is 2.27. The van der Waals surface area contributed by atoms with Gasteiger partial charge in [-0.25, -0.2) is 4.79 Å². The maximum Gasteiger partial charge on any atom is 0.330 e. The fourth-order valence-corrected chi connectivity index (χ4v) is 2.29. The molecule has 1 aliphatic heterocycles. The second-order valence-electron chi connectivity index (χ2n) is 4.04. The van der Waals surface area contributed by atoms with Crippen LogP contribution in [0.1, 0.15) is 38.5 Å². The minimum absolute atomic E-state index is 0.0102. The maximum atomic E-state index is 11.6. The first-order valence-electron chi connectivity index (χ1n) is 6.33. The smallest absolute Gasteiger partial charge is 0.330 e. The lowest BCUT2D eigenvalue weighted by atomic mass is 10.2. The number of aryl methyl sites for hydroxylation is 1. The number of nitrogens with one attached hydrogen (secondary N) is 1. The Hall–Kier alpha value is -0.670. The third kappa shape index (κ3) is 4.15. The summed E-state index contributed by atoms with van der Waals surface area (Å²) in [6, 6.07) is 0. The maximum absolute atomic E-state index is 11.6. The van der Waals surface area contributed by atoms with Gasteiger partial charge in [0, 0.05) is 11.8 Å². The summed E-state index contributed by atoms with van der Waals surface area (Å²) in [7, 11) is 0. The van der Waals surface area contributed by atoms with Gasteiger partial charge in [0.1, 0.15) is 29.2 Å². The van der Waals surface area contributed by atoms with E-state index >= 15 is 0 Å². The van der Waals surface area contributed by atoms with Crippen molar-refractivity contribution in [2.24, 2.45) is 0 Å². The van der Waals surface area contributed by atoms with E-state index < -0.39 is 5.69 Å². The predicted molar refractivity (Wildman–Crippen MR) is 80.5 cm³/mol. The van der Waals surface area contributed by atoms with Gasteiger partial charge >= 0.3 is 5.69 Å². The zero-order valence-electron chi connectivity index (χ0n) is 11.3. The second kappa shape index (κ2) is 7.81. The number of halogens is 1. The molecule has 1 fully saturated rings. The van der Waals surface area contributed by atoms with Crippen molar-refractivity contribution in [3.63, 3.8) is 0 Å². The fourth-order valence-electron chi connectivity index (χ4n) is 1.88. The summed E-state index contributed by atoms with van der Waals surface area (Å²) in [5.41, 5.74) is -0.278. The molecule has 1 N–H and O–H groups in total. The molecule has 108 valence electrons. The van der Waals surface area contributed by atoms with Crippen LogP contribution in [0.15, 0.2) is 15.8 Å². The van der Waals surface area contributed by atoms with Crippen molar-refractivity contribution in [3.05, 3.63) is 32.6 Å². The molecule has 1 aromatic heterocycles. The van der Waals surface area contributed by atoms with Crippen molar-refractivity contribution in [1.29, 1.82) is 0 Å². The Kier molecular flexibility index (Phi) is 6.73. The molecule has 1 aromatic rings. The Morgan fingerprint density at radius 1 is 1.47 bits per heavy atom. The number of ether oxygens (including phenoxy) is 1. The van der Waals surface area contributed by atoms with Gasteiger partial charge in [-0.2, -0.15) is 0 Å². The molecule has 0 bridgehead atoms. The lowest BCUT2D eigenvalue weighted by molar-refractivity contribution is -0.0141. The molecule has 7 heteroatoms. The van der Waals surface area contributed by atoms with Crippen molar-refractivity contribution < 1.29 is 7.80 Å².